The van der Waals surface area contributed by atoms with E-state index in [0.717, 1.165) is 5.92 Å². The second-order valence-electron chi connectivity index (χ2n) is 7.68. The van der Waals surface area contributed by atoms with Crippen LogP contribution >= 0.6 is 0 Å². The lowest BCUT2D eigenvalue weighted by atomic mass is 10.0. The summed E-state index contributed by atoms with van der Waals surface area (Å²) < 4.78 is 0. The summed E-state index contributed by atoms with van der Waals surface area (Å²) in [5, 5.41) is 0. The molecule has 0 aromatic rings. The predicted octanol–water partition coefficient (Wildman–Crippen LogP) is 8.18. The summed E-state index contributed by atoms with van der Waals surface area (Å²) in [5.74, 6) is 0.772. The lowest BCUT2D eigenvalue weighted by Crippen LogP contribution is -1.85. The molecule has 0 bridgehead atoms. The molecule has 0 aliphatic carbocycles. The van der Waals surface area contributed by atoms with Gasteiger partial charge in [0, 0.05) is 0 Å². The molecule has 0 nitrogen and oxygen atoms in total. The fourth-order valence-corrected chi connectivity index (χ4v) is 2.42. The zero-order valence-electron chi connectivity index (χ0n) is 16.8. The molecule has 0 heteroatoms. The molecule has 0 amide bonds. The smallest absolute Gasteiger partial charge is 0.0288 e. The first-order chi connectivity index (χ1) is 10.8. The van der Waals surface area contributed by atoms with Gasteiger partial charge >= 0.3 is 0 Å². The molecule has 0 N–H and O–H groups in total. The summed E-state index contributed by atoms with van der Waals surface area (Å²) in [7, 11) is 0. The minimum Gasteiger partial charge on any atom is -0.0856 e. The van der Waals surface area contributed by atoms with Crippen molar-refractivity contribution in [1.29, 1.82) is 0 Å². The summed E-state index contributed by atoms with van der Waals surface area (Å²) in [6, 6.07) is 0. The summed E-state index contributed by atoms with van der Waals surface area (Å²) in [6.45, 7) is 15.7. The Morgan fingerprint density at radius 2 is 1.00 bits per heavy atom. The van der Waals surface area contributed by atoms with Crippen LogP contribution in [0.3, 0.4) is 0 Å². The molecule has 0 atom stereocenters. The minimum atomic E-state index is 0.772. The maximum absolute atomic E-state index is 2.43. The van der Waals surface area contributed by atoms with E-state index in [0.29, 0.717) is 0 Å². The first kappa shape index (κ1) is 22.0. The summed E-state index contributed by atoms with van der Waals surface area (Å²) in [5.41, 5.74) is 6.03. The minimum absolute atomic E-state index is 0.772. The normalized spacial score (nSPS) is 13.7. The number of allylic oxidation sites excluding steroid dienone is 8. The molecule has 0 aliphatic heterocycles. The topological polar surface area (TPSA) is 0 Å². The van der Waals surface area contributed by atoms with Crippen LogP contribution in [0.15, 0.2) is 46.6 Å². The third-order valence-electron chi connectivity index (χ3n) is 4.09. The molecular formula is C23H40. The molecule has 0 saturated heterocycles. The average Bonchev–Trinajstić information content (AvgIpc) is 2.44. The Balaban J connectivity index is 3.98. The number of rotatable bonds is 11. The molecule has 0 aromatic carbocycles. The van der Waals surface area contributed by atoms with Gasteiger partial charge in [-0.3, -0.25) is 0 Å². The van der Waals surface area contributed by atoms with E-state index >= 15 is 0 Å². The Bertz CT molecular complexity index is 423. The van der Waals surface area contributed by atoms with Gasteiger partial charge in [-0.25, -0.2) is 0 Å². The second kappa shape index (κ2) is 13.4. The molecule has 23 heavy (non-hydrogen) atoms. The molecular weight excluding hydrogens is 276 g/mol. The van der Waals surface area contributed by atoms with Crippen LogP contribution in [-0.4, -0.2) is 0 Å². The van der Waals surface area contributed by atoms with Crippen molar-refractivity contribution >= 4 is 0 Å². The molecule has 0 saturated carbocycles. The highest BCUT2D eigenvalue weighted by Crippen LogP contribution is 2.14. The first-order valence-electron chi connectivity index (χ1n) is 9.41. The SMILES string of the molecule is CC(C)=CCC/C(C)=C/CC/C(C)=C/CC/C(C)=C/CC(C)C. The molecule has 0 aliphatic rings. The second-order valence-corrected chi connectivity index (χ2v) is 7.68. The highest BCUT2D eigenvalue weighted by atomic mass is 14.0. The van der Waals surface area contributed by atoms with Gasteiger partial charge < -0.3 is 0 Å². The average molecular weight is 317 g/mol. The van der Waals surface area contributed by atoms with Gasteiger partial charge in [-0.1, -0.05) is 60.4 Å². The van der Waals surface area contributed by atoms with E-state index in [4.69, 9.17) is 0 Å². The van der Waals surface area contributed by atoms with E-state index in [1.165, 1.54) is 67.2 Å². The van der Waals surface area contributed by atoms with Crippen molar-refractivity contribution < 1.29 is 0 Å². The Kier molecular flexibility index (Phi) is 12.8. The molecule has 0 aromatic heterocycles. The number of hydrogen-bond donors (Lipinski definition) is 0. The van der Waals surface area contributed by atoms with Crippen LogP contribution in [0.5, 0.6) is 0 Å². The molecule has 0 spiro atoms. The van der Waals surface area contributed by atoms with Gasteiger partial charge in [-0.2, -0.15) is 0 Å². The van der Waals surface area contributed by atoms with Crippen molar-refractivity contribution in [1.82, 2.24) is 0 Å². The van der Waals surface area contributed by atoms with Crippen LogP contribution in [0.2, 0.25) is 0 Å². The van der Waals surface area contributed by atoms with E-state index in [2.05, 4.69) is 72.8 Å². The predicted molar refractivity (Wildman–Crippen MR) is 108 cm³/mol. The molecule has 0 heterocycles. The monoisotopic (exact) mass is 316 g/mol. The lowest BCUT2D eigenvalue weighted by Gasteiger charge is -2.03. The van der Waals surface area contributed by atoms with Gasteiger partial charge in [-0.05, 0) is 85.5 Å². The van der Waals surface area contributed by atoms with Crippen molar-refractivity contribution in [3.05, 3.63) is 46.6 Å². The molecule has 132 valence electrons. The maximum Gasteiger partial charge on any atom is -0.0288 e. The van der Waals surface area contributed by atoms with E-state index in [9.17, 15) is 0 Å². The Morgan fingerprint density at radius 1 is 0.609 bits per heavy atom. The van der Waals surface area contributed by atoms with Crippen molar-refractivity contribution in [2.24, 2.45) is 5.92 Å². The van der Waals surface area contributed by atoms with E-state index in [1.807, 2.05) is 0 Å². The van der Waals surface area contributed by atoms with Gasteiger partial charge in [0.05, 0.1) is 0 Å². The fraction of sp³-hybridized carbons (Fsp3) is 0.652. The van der Waals surface area contributed by atoms with Gasteiger partial charge in [0.15, 0.2) is 0 Å². The van der Waals surface area contributed by atoms with E-state index in [1.54, 1.807) is 0 Å². The molecule has 0 fully saturated rings. The standard InChI is InChI=1S/C23H40/c1-19(2)11-8-12-21(5)13-9-14-22(6)15-10-16-23(7)18-17-20(3)4/h11,13,15,18,20H,8-10,12,14,16-17H2,1-7H3/b21-13+,22-15+,23-18+. The highest BCUT2D eigenvalue weighted by Gasteiger charge is 1.94. The number of hydrogen-bond acceptors (Lipinski definition) is 0. The maximum atomic E-state index is 2.43. The summed E-state index contributed by atoms with van der Waals surface area (Å²) in [4.78, 5) is 0. The van der Waals surface area contributed by atoms with Gasteiger partial charge in [-0.15, -0.1) is 0 Å². The van der Waals surface area contributed by atoms with Crippen LogP contribution in [0.25, 0.3) is 0 Å². The quantitative estimate of drug-likeness (QED) is 0.337. The Labute approximate surface area is 146 Å². The Morgan fingerprint density at radius 3 is 1.39 bits per heavy atom. The third-order valence-corrected chi connectivity index (χ3v) is 4.09. The van der Waals surface area contributed by atoms with Gasteiger partial charge in [0.2, 0.25) is 0 Å². The van der Waals surface area contributed by atoms with Crippen molar-refractivity contribution in [2.75, 3.05) is 0 Å². The van der Waals surface area contributed by atoms with Crippen LogP contribution in [-0.2, 0) is 0 Å². The zero-order chi connectivity index (χ0) is 17.7. The lowest BCUT2D eigenvalue weighted by molar-refractivity contribution is 0.659. The molecule has 0 unspecified atom stereocenters. The summed E-state index contributed by atoms with van der Waals surface area (Å²) in [6.07, 6.45) is 18.0. The van der Waals surface area contributed by atoms with Crippen LogP contribution in [0, 0.1) is 5.92 Å². The first-order valence-corrected chi connectivity index (χ1v) is 9.41. The molecule has 0 radical (unpaired) electrons. The van der Waals surface area contributed by atoms with Crippen molar-refractivity contribution in [3.63, 3.8) is 0 Å². The Hall–Kier alpha value is -1.04. The highest BCUT2D eigenvalue weighted by molar-refractivity contribution is 5.07. The van der Waals surface area contributed by atoms with E-state index in [-0.39, 0.29) is 0 Å². The van der Waals surface area contributed by atoms with Crippen LogP contribution < -0.4 is 0 Å². The third kappa shape index (κ3) is 15.6. The largest absolute Gasteiger partial charge is 0.0856 e. The van der Waals surface area contributed by atoms with Crippen molar-refractivity contribution in [3.8, 4) is 0 Å². The molecule has 0 rings (SSSR count). The van der Waals surface area contributed by atoms with Crippen LogP contribution in [0.1, 0.15) is 93.4 Å². The van der Waals surface area contributed by atoms with Gasteiger partial charge in [0.25, 0.3) is 0 Å². The zero-order valence-corrected chi connectivity index (χ0v) is 16.8. The summed E-state index contributed by atoms with van der Waals surface area (Å²) >= 11 is 0. The van der Waals surface area contributed by atoms with E-state index < -0.39 is 0 Å². The van der Waals surface area contributed by atoms with Crippen molar-refractivity contribution in [2.45, 2.75) is 93.4 Å². The van der Waals surface area contributed by atoms with Gasteiger partial charge in [0.1, 0.15) is 0 Å². The fourth-order valence-electron chi connectivity index (χ4n) is 2.42. The van der Waals surface area contributed by atoms with Crippen LogP contribution in [0.4, 0.5) is 0 Å².